The molecule has 0 saturated heterocycles. The Bertz CT molecular complexity index is 874. The minimum Gasteiger partial charge on any atom is -0.507 e. The van der Waals surface area contributed by atoms with Gasteiger partial charge in [0.15, 0.2) is 5.71 Å². The van der Waals surface area contributed by atoms with Gasteiger partial charge in [-0.2, -0.15) is 5.10 Å². The van der Waals surface area contributed by atoms with Crippen LogP contribution in [0.4, 0.5) is 11.4 Å². The van der Waals surface area contributed by atoms with E-state index in [1.54, 1.807) is 24.3 Å². The number of aromatic hydroxyl groups is 1. The van der Waals surface area contributed by atoms with E-state index in [1.165, 1.54) is 18.2 Å². The maximum atomic E-state index is 11.8. The number of amides is 1. The van der Waals surface area contributed by atoms with E-state index in [9.17, 15) is 20.0 Å². The molecule has 0 spiro atoms. The topological polar surface area (TPSA) is 117 Å². The number of hydrogen-bond acceptors (Lipinski definition) is 6. The van der Waals surface area contributed by atoms with Gasteiger partial charge in [0.2, 0.25) is 0 Å². The van der Waals surface area contributed by atoms with E-state index in [-0.39, 0.29) is 28.6 Å². The highest BCUT2D eigenvalue weighted by Crippen LogP contribution is 2.23. The Morgan fingerprint density at radius 3 is 2.78 bits per heavy atom. The fourth-order valence-electron chi connectivity index (χ4n) is 2.11. The number of nitrogens with zero attached hydrogens (tertiary/aromatic N) is 3. The molecule has 8 heteroatoms. The number of nitro groups is 1. The number of phenolic OH excluding ortho intramolecular Hbond substituents is 1. The van der Waals surface area contributed by atoms with Crippen molar-refractivity contribution in [3.63, 3.8) is 0 Å². The Morgan fingerprint density at radius 1 is 1.22 bits per heavy atom. The van der Waals surface area contributed by atoms with Crippen molar-refractivity contribution in [2.75, 3.05) is 5.32 Å². The molecule has 0 atom stereocenters. The smallest absolute Gasteiger partial charge is 0.276 e. The minimum atomic E-state index is -0.580. The zero-order chi connectivity index (χ0) is 16.4. The zero-order valence-electron chi connectivity index (χ0n) is 11.6. The van der Waals surface area contributed by atoms with Crippen molar-refractivity contribution < 1.29 is 14.8 Å². The molecule has 0 bridgehead atoms. The Kier molecular flexibility index (Phi) is 3.55. The van der Waals surface area contributed by atoms with Crippen LogP contribution in [0.3, 0.4) is 0 Å². The van der Waals surface area contributed by atoms with Crippen LogP contribution in [-0.4, -0.2) is 27.9 Å². The summed E-state index contributed by atoms with van der Waals surface area (Å²) in [5, 5.41) is 30.7. The number of rotatable bonds is 3. The van der Waals surface area contributed by atoms with Crippen LogP contribution in [-0.2, 0) is 4.79 Å². The van der Waals surface area contributed by atoms with Crippen molar-refractivity contribution >= 4 is 29.2 Å². The zero-order valence-corrected chi connectivity index (χ0v) is 11.6. The van der Waals surface area contributed by atoms with Gasteiger partial charge in [-0.1, -0.05) is 18.2 Å². The van der Waals surface area contributed by atoms with Gasteiger partial charge in [0.05, 0.1) is 16.8 Å². The van der Waals surface area contributed by atoms with E-state index in [0.717, 1.165) is 6.21 Å². The number of anilines is 1. The van der Waals surface area contributed by atoms with E-state index in [1.807, 2.05) is 0 Å². The van der Waals surface area contributed by atoms with Crippen molar-refractivity contribution in [1.29, 1.82) is 0 Å². The fourth-order valence-corrected chi connectivity index (χ4v) is 2.11. The maximum Gasteiger partial charge on any atom is 0.276 e. The number of carbonyl (C=O) groups excluding carboxylic acids is 1. The largest absolute Gasteiger partial charge is 0.507 e. The first-order valence-electron chi connectivity index (χ1n) is 6.55. The summed E-state index contributed by atoms with van der Waals surface area (Å²) in [6.07, 6.45) is 1.16. The third-order valence-electron chi connectivity index (χ3n) is 3.22. The summed E-state index contributed by atoms with van der Waals surface area (Å²) in [5.41, 5.74) is 1.36. The number of nitrogens with one attached hydrogen (secondary N) is 1. The monoisotopic (exact) mass is 310 g/mol. The second kappa shape index (κ2) is 5.68. The molecule has 0 aromatic heterocycles. The van der Waals surface area contributed by atoms with E-state index < -0.39 is 4.92 Å². The normalized spacial score (nSPS) is 15.0. The van der Waals surface area contributed by atoms with Crippen LogP contribution < -0.4 is 5.32 Å². The molecule has 1 aliphatic heterocycles. The highest BCUT2D eigenvalue weighted by molar-refractivity contribution is 6.53. The highest BCUT2D eigenvalue weighted by Gasteiger charge is 2.25. The molecule has 2 aromatic rings. The summed E-state index contributed by atoms with van der Waals surface area (Å²) in [4.78, 5) is 22.0. The predicted octanol–water partition coefficient (Wildman–Crippen LogP) is 2.08. The lowest BCUT2D eigenvalue weighted by Crippen LogP contribution is -2.13. The molecule has 114 valence electrons. The molecule has 1 amide bonds. The summed E-state index contributed by atoms with van der Waals surface area (Å²) >= 11 is 0. The summed E-state index contributed by atoms with van der Waals surface area (Å²) in [6, 6.07) is 10.6. The van der Waals surface area contributed by atoms with Gasteiger partial charge in [0, 0.05) is 23.3 Å². The molecule has 0 saturated carbocycles. The van der Waals surface area contributed by atoms with E-state index in [2.05, 4.69) is 15.5 Å². The van der Waals surface area contributed by atoms with Crippen LogP contribution in [0.15, 0.2) is 52.7 Å². The van der Waals surface area contributed by atoms with Gasteiger partial charge in [-0.3, -0.25) is 14.9 Å². The first-order valence-corrected chi connectivity index (χ1v) is 6.55. The molecule has 2 aromatic carbocycles. The summed E-state index contributed by atoms with van der Waals surface area (Å²) in [5.74, 6) is -0.553. The molecule has 2 N–H and O–H groups in total. The maximum absolute atomic E-state index is 11.8. The number of para-hydroxylation sites is 1. The highest BCUT2D eigenvalue weighted by atomic mass is 16.6. The molecule has 1 heterocycles. The minimum absolute atomic E-state index is 0.134. The van der Waals surface area contributed by atoms with Gasteiger partial charge in [-0.25, -0.2) is 0 Å². The average molecular weight is 310 g/mol. The van der Waals surface area contributed by atoms with Gasteiger partial charge in [0.25, 0.3) is 11.6 Å². The third-order valence-corrected chi connectivity index (χ3v) is 3.22. The number of phenols is 1. The molecule has 0 unspecified atom stereocenters. The number of hydrogen-bond donors (Lipinski definition) is 2. The SMILES string of the molecule is O=C1Nc2ccccc2/C1=N/N=C\c1cc([N+](=O)[O-])ccc1O. The Morgan fingerprint density at radius 2 is 2.00 bits per heavy atom. The molecule has 23 heavy (non-hydrogen) atoms. The van der Waals surface area contributed by atoms with Crippen molar-refractivity contribution in [2.45, 2.75) is 0 Å². The number of non-ortho nitro benzene ring substituents is 1. The van der Waals surface area contributed by atoms with Crippen molar-refractivity contribution in [3.8, 4) is 5.75 Å². The van der Waals surface area contributed by atoms with Crippen molar-refractivity contribution in [1.82, 2.24) is 0 Å². The van der Waals surface area contributed by atoms with E-state index >= 15 is 0 Å². The Hall–Kier alpha value is -3.55. The lowest BCUT2D eigenvalue weighted by Gasteiger charge is -1.97. The fraction of sp³-hybridized carbons (Fsp3) is 0. The predicted molar refractivity (Wildman–Crippen MR) is 84.0 cm³/mol. The Labute approximate surface area is 129 Å². The third kappa shape index (κ3) is 2.77. The molecule has 3 rings (SSSR count). The molecule has 0 radical (unpaired) electrons. The van der Waals surface area contributed by atoms with E-state index in [4.69, 9.17) is 0 Å². The van der Waals surface area contributed by atoms with Gasteiger partial charge >= 0.3 is 0 Å². The molecule has 0 fully saturated rings. The van der Waals surface area contributed by atoms with Gasteiger partial charge < -0.3 is 10.4 Å². The second-order valence-electron chi connectivity index (χ2n) is 4.69. The summed E-state index contributed by atoms with van der Waals surface area (Å²) in [6.45, 7) is 0. The van der Waals surface area contributed by atoms with Crippen molar-refractivity contribution in [2.24, 2.45) is 10.2 Å². The van der Waals surface area contributed by atoms with Crippen LogP contribution in [0.2, 0.25) is 0 Å². The number of fused-ring (bicyclic) bond motifs is 1. The first kappa shape index (κ1) is 14.4. The van der Waals surface area contributed by atoms with Crippen molar-refractivity contribution in [3.05, 3.63) is 63.7 Å². The van der Waals surface area contributed by atoms with E-state index in [0.29, 0.717) is 11.3 Å². The molecule has 0 aliphatic carbocycles. The number of nitro benzene ring substituents is 1. The first-order chi connectivity index (χ1) is 11.1. The number of benzene rings is 2. The van der Waals surface area contributed by atoms with Gasteiger partial charge in [0.1, 0.15) is 5.75 Å². The van der Waals surface area contributed by atoms with Crippen LogP contribution in [0.1, 0.15) is 11.1 Å². The summed E-state index contributed by atoms with van der Waals surface area (Å²) in [7, 11) is 0. The standard InChI is InChI=1S/C15H10N4O4/c20-13-6-5-10(19(22)23)7-9(13)8-16-18-14-11-3-1-2-4-12(11)17-15(14)21/h1-8,20H,(H,17,18,21)/b16-8-. The van der Waals surface area contributed by atoms with Crippen LogP contribution in [0.25, 0.3) is 0 Å². The second-order valence-corrected chi connectivity index (χ2v) is 4.69. The molecule has 8 nitrogen and oxygen atoms in total. The van der Waals surface area contributed by atoms with Crippen LogP contribution in [0, 0.1) is 10.1 Å². The summed E-state index contributed by atoms with van der Waals surface area (Å²) < 4.78 is 0. The van der Waals surface area contributed by atoms with Gasteiger partial charge in [-0.05, 0) is 12.1 Å². The van der Waals surface area contributed by atoms with Gasteiger partial charge in [-0.15, -0.1) is 5.10 Å². The molecular weight excluding hydrogens is 300 g/mol. The number of carbonyl (C=O) groups is 1. The van der Waals surface area contributed by atoms with Crippen LogP contribution >= 0.6 is 0 Å². The lowest BCUT2D eigenvalue weighted by molar-refractivity contribution is -0.384. The quantitative estimate of drug-likeness (QED) is 0.512. The Balaban J connectivity index is 1.91. The average Bonchev–Trinajstić information content (AvgIpc) is 2.85. The molecular formula is C15H10N4O4. The molecule has 1 aliphatic rings. The lowest BCUT2D eigenvalue weighted by atomic mass is 10.1. The van der Waals surface area contributed by atoms with Crippen LogP contribution in [0.5, 0.6) is 5.75 Å².